The maximum atomic E-state index is 12.4. The number of rotatable bonds is 6. The van der Waals surface area contributed by atoms with Crippen molar-refractivity contribution in [2.45, 2.75) is 51.0 Å². The van der Waals surface area contributed by atoms with Crippen molar-refractivity contribution in [1.29, 1.82) is 0 Å². The van der Waals surface area contributed by atoms with Crippen molar-refractivity contribution in [2.75, 3.05) is 12.4 Å². The van der Waals surface area contributed by atoms with Crippen molar-refractivity contribution in [3.63, 3.8) is 0 Å². The van der Waals surface area contributed by atoms with E-state index in [1.54, 1.807) is 7.11 Å². The number of benzene rings is 1. The molecule has 1 saturated carbocycles. The summed E-state index contributed by atoms with van der Waals surface area (Å²) in [5.74, 6) is 1.29. The Morgan fingerprint density at radius 1 is 1.26 bits per heavy atom. The van der Waals surface area contributed by atoms with Gasteiger partial charge in [-0.3, -0.25) is 4.79 Å². The van der Waals surface area contributed by atoms with Gasteiger partial charge in [0, 0.05) is 30.5 Å². The molecule has 1 aliphatic carbocycles. The number of carbonyl (C=O) groups is 1. The second-order valence-electron chi connectivity index (χ2n) is 6.99. The fourth-order valence-electron chi connectivity index (χ4n) is 3.78. The number of aromatic nitrogens is 3. The van der Waals surface area contributed by atoms with Crippen LogP contribution in [0.2, 0.25) is 0 Å². The Morgan fingerprint density at radius 2 is 2.11 bits per heavy atom. The average molecular weight is 385 g/mol. The van der Waals surface area contributed by atoms with Crippen LogP contribution in [-0.2, 0) is 11.3 Å². The Kier molecular flexibility index (Phi) is 5.38. The zero-order valence-electron chi connectivity index (χ0n) is 15.5. The fourth-order valence-corrected chi connectivity index (χ4v) is 4.71. The molecule has 1 aromatic carbocycles. The third kappa shape index (κ3) is 3.98. The van der Waals surface area contributed by atoms with Gasteiger partial charge in [0.25, 0.3) is 0 Å². The van der Waals surface area contributed by atoms with Gasteiger partial charge in [-0.05, 0) is 25.0 Å². The number of fused-ring (bicyclic) bond motifs is 1. The Morgan fingerprint density at radius 3 is 2.93 bits per heavy atom. The summed E-state index contributed by atoms with van der Waals surface area (Å²) < 4.78 is 7.51. The number of methoxy groups -OCH3 is 1. The summed E-state index contributed by atoms with van der Waals surface area (Å²) in [6.45, 7) is 0.587. The summed E-state index contributed by atoms with van der Waals surface area (Å²) in [5.41, 5.74) is 1.02. The third-order valence-electron chi connectivity index (χ3n) is 5.19. The van der Waals surface area contributed by atoms with Crippen molar-refractivity contribution < 1.29 is 9.53 Å². The van der Waals surface area contributed by atoms with Gasteiger partial charge < -0.3 is 14.6 Å². The highest BCUT2D eigenvalue weighted by atomic mass is 32.1. The lowest BCUT2D eigenvalue weighted by Gasteiger charge is -2.18. The average Bonchev–Trinajstić information content (AvgIpc) is 3.34. The van der Waals surface area contributed by atoms with Crippen LogP contribution in [0.4, 0.5) is 5.13 Å². The summed E-state index contributed by atoms with van der Waals surface area (Å²) in [6, 6.07) is 7.99. The first kappa shape index (κ1) is 18.0. The second kappa shape index (κ2) is 8.08. The third-order valence-corrected chi connectivity index (χ3v) is 6.19. The standard InChI is InChI=1S/C20H24N4O2S/c1-26-16-9-5-8-14-10-12-24(18(14)16)13-11-17(25)21-20-23-22-19(27-20)15-6-3-2-4-7-15/h5,8-10,12,15H,2-4,6-7,11,13H2,1H3,(H,21,23,25). The summed E-state index contributed by atoms with van der Waals surface area (Å²) in [4.78, 5) is 12.4. The molecule has 6 nitrogen and oxygen atoms in total. The molecule has 7 heteroatoms. The van der Waals surface area contributed by atoms with Crippen molar-refractivity contribution in [3.8, 4) is 5.75 Å². The number of hydrogen-bond acceptors (Lipinski definition) is 5. The highest BCUT2D eigenvalue weighted by Crippen LogP contribution is 2.35. The van der Waals surface area contributed by atoms with Gasteiger partial charge in [-0.2, -0.15) is 0 Å². The molecule has 4 rings (SSSR count). The molecule has 142 valence electrons. The smallest absolute Gasteiger partial charge is 0.227 e. The van der Waals surface area contributed by atoms with Crippen molar-refractivity contribution in [3.05, 3.63) is 35.5 Å². The quantitative estimate of drug-likeness (QED) is 0.675. The topological polar surface area (TPSA) is 69.0 Å². The predicted molar refractivity (Wildman–Crippen MR) is 107 cm³/mol. The second-order valence-corrected chi connectivity index (χ2v) is 7.99. The molecule has 0 bridgehead atoms. The van der Waals surface area contributed by atoms with E-state index >= 15 is 0 Å². The molecule has 1 fully saturated rings. The van der Waals surface area contributed by atoms with Crippen molar-refractivity contribution >= 4 is 33.3 Å². The number of para-hydroxylation sites is 1. The van der Waals surface area contributed by atoms with Crippen LogP contribution in [0.5, 0.6) is 5.75 Å². The Hall–Kier alpha value is -2.41. The number of amides is 1. The Labute approximate surface area is 162 Å². The number of anilines is 1. The van der Waals surface area contributed by atoms with Gasteiger partial charge in [-0.15, -0.1) is 10.2 Å². The lowest BCUT2D eigenvalue weighted by molar-refractivity contribution is -0.116. The number of hydrogen-bond donors (Lipinski definition) is 1. The van der Waals surface area contributed by atoms with E-state index in [0.29, 0.717) is 24.0 Å². The van der Waals surface area contributed by atoms with Gasteiger partial charge in [0.05, 0.1) is 12.6 Å². The van der Waals surface area contributed by atoms with Crippen LogP contribution in [0.1, 0.15) is 49.5 Å². The minimum absolute atomic E-state index is 0.0434. The fraction of sp³-hybridized carbons (Fsp3) is 0.450. The molecule has 2 heterocycles. The first-order valence-electron chi connectivity index (χ1n) is 9.49. The molecule has 0 aliphatic heterocycles. The van der Waals surface area contributed by atoms with Crippen molar-refractivity contribution in [1.82, 2.24) is 14.8 Å². The zero-order chi connectivity index (χ0) is 18.6. The predicted octanol–water partition coefficient (Wildman–Crippen LogP) is 4.58. The van der Waals surface area contributed by atoms with Crippen LogP contribution in [0.25, 0.3) is 10.9 Å². The molecule has 0 atom stereocenters. The first-order valence-corrected chi connectivity index (χ1v) is 10.3. The lowest BCUT2D eigenvalue weighted by atomic mass is 9.90. The van der Waals surface area contributed by atoms with Crippen molar-refractivity contribution in [2.24, 2.45) is 0 Å². The summed E-state index contributed by atoms with van der Waals surface area (Å²) in [6.07, 6.45) is 8.58. The zero-order valence-corrected chi connectivity index (χ0v) is 16.3. The van der Waals surface area contributed by atoms with E-state index in [0.717, 1.165) is 21.7 Å². The largest absolute Gasteiger partial charge is 0.495 e. The van der Waals surface area contributed by atoms with Crippen LogP contribution in [-0.4, -0.2) is 27.8 Å². The van der Waals surface area contributed by atoms with Crippen LogP contribution in [0.3, 0.4) is 0 Å². The summed E-state index contributed by atoms with van der Waals surface area (Å²) >= 11 is 1.52. The van der Waals surface area contributed by atoms with E-state index in [9.17, 15) is 4.79 Å². The molecule has 3 aromatic rings. The molecule has 2 aromatic heterocycles. The van der Waals surface area contributed by atoms with Crippen LogP contribution >= 0.6 is 11.3 Å². The van der Waals surface area contributed by atoms with Gasteiger partial charge in [-0.1, -0.05) is 42.7 Å². The highest BCUT2D eigenvalue weighted by molar-refractivity contribution is 7.15. The maximum absolute atomic E-state index is 12.4. The van der Waals surface area contributed by atoms with Gasteiger partial charge in [0.2, 0.25) is 11.0 Å². The molecule has 1 N–H and O–H groups in total. The molecule has 0 spiro atoms. The van der Waals surface area contributed by atoms with Gasteiger partial charge in [-0.25, -0.2) is 0 Å². The van der Waals surface area contributed by atoms with E-state index in [2.05, 4.69) is 20.1 Å². The SMILES string of the molecule is COc1cccc2ccn(CCC(=O)Nc3nnc(C4CCCCC4)s3)c12. The van der Waals surface area contributed by atoms with Crippen LogP contribution in [0, 0.1) is 0 Å². The van der Waals surface area contributed by atoms with Gasteiger partial charge in [0.1, 0.15) is 10.8 Å². The van der Waals surface area contributed by atoms with E-state index < -0.39 is 0 Å². The first-order chi connectivity index (χ1) is 13.2. The number of carbonyl (C=O) groups excluding carboxylic acids is 1. The highest BCUT2D eigenvalue weighted by Gasteiger charge is 2.20. The minimum atomic E-state index is -0.0434. The Balaban J connectivity index is 1.37. The molecule has 27 heavy (non-hydrogen) atoms. The monoisotopic (exact) mass is 384 g/mol. The van der Waals surface area contributed by atoms with E-state index in [1.165, 1.54) is 43.4 Å². The summed E-state index contributed by atoms with van der Waals surface area (Å²) in [7, 11) is 1.66. The van der Waals surface area contributed by atoms with Gasteiger partial charge >= 0.3 is 0 Å². The minimum Gasteiger partial charge on any atom is -0.495 e. The Bertz CT molecular complexity index is 927. The summed E-state index contributed by atoms with van der Waals surface area (Å²) in [5, 5.41) is 14.1. The van der Waals surface area contributed by atoms with Crippen LogP contribution in [0.15, 0.2) is 30.5 Å². The number of nitrogens with one attached hydrogen (secondary N) is 1. The lowest BCUT2D eigenvalue weighted by Crippen LogP contribution is -2.14. The number of nitrogens with zero attached hydrogens (tertiary/aromatic N) is 3. The molecule has 1 aliphatic rings. The van der Waals surface area contributed by atoms with E-state index in [4.69, 9.17) is 4.74 Å². The molecular weight excluding hydrogens is 360 g/mol. The number of ether oxygens (including phenoxy) is 1. The normalized spacial score (nSPS) is 15.1. The molecule has 0 unspecified atom stereocenters. The molecule has 1 amide bonds. The number of aryl methyl sites for hydroxylation is 1. The molecular formula is C20H24N4O2S. The maximum Gasteiger partial charge on any atom is 0.227 e. The van der Waals surface area contributed by atoms with E-state index in [1.807, 2.05) is 30.5 Å². The molecule has 0 saturated heterocycles. The van der Waals surface area contributed by atoms with Crippen LogP contribution < -0.4 is 10.1 Å². The van der Waals surface area contributed by atoms with Gasteiger partial charge in [0.15, 0.2) is 0 Å². The molecule has 0 radical (unpaired) electrons. The van der Waals surface area contributed by atoms with E-state index in [-0.39, 0.29) is 5.91 Å².